The van der Waals surface area contributed by atoms with Crippen molar-refractivity contribution >= 4 is 11.5 Å². The Balaban J connectivity index is 1.75. The highest BCUT2D eigenvalue weighted by Crippen LogP contribution is 2.36. The topological polar surface area (TPSA) is 19.4 Å². The molecule has 0 unspecified atom stereocenters. The van der Waals surface area contributed by atoms with Crippen molar-refractivity contribution in [3.63, 3.8) is 0 Å². The first-order chi connectivity index (χ1) is 10.6. The lowest BCUT2D eigenvalue weighted by atomic mass is 10.1. The van der Waals surface area contributed by atoms with Gasteiger partial charge in [-0.25, -0.2) is 4.98 Å². The molecule has 1 aliphatic rings. The summed E-state index contributed by atoms with van der Waals surface area (Å²) in [5.41, 5.74) is -0.320. The largest absolute Gasteiger partial charge is 0.418 e. The summed E-state index contributed by atoms with van der Waals surface area (Å²) in [7, 11) is 0. The third-order valence-corrected chi connectivity index (χ3v) is 3.75. The second-order valence-corrected chi connectivity index (χ2v) is 5.11. The van der Waals surface area contributed by atoms with Crippen LogP contribution in [0.15, 0.2) is 42.6 Å². The summed E-state index contributed by atoms with van der Waals surface area (Å²) in [6, 6.07) is 12.2. The molecule has 0 spiro atoms. The zero-order valence-corrected chi connectivity index (χ0v) is 11.8. The molecule has 3 rings (SSSR count). The van der Waals surface area contributed by atoms with E-state index in [1.165, 1.54) is 12.1 Å². The lowest BCUT2D eigenvalue weighted by Crippen LogP contribution is -2.47. The van der Waals surface area contributed by atoms with E-state index < -0.39 is 11.7 Å². The van der Waals surface area contributed by atoms with Gasteiger partial charge in [-0.05, 0) is 24.3 Å². The number of rotatable bonds is 2. The first kappa shape index (κ1) is 14.7. The molecule has 22 heavy (non-hydrogen) atoms. The molecule has 1 aromatic carbocycles. The van der Waals surface area contributed by atoms with Crippen molar-refractivity contribution in [2.75, 3.05) is 36.0 Å². The lowest BCUT2D eigenvalue weighted by Gasteiger charge is -2.37. The number of hydrogen-bond donors (Lipinski definition) is 0. The molecule has 2 heterocycles. The van der Waals surface area contributed by atoms with E-state index in [4.69, 9.17) is 0 Å². The molecule has 0 N–H and O–H groups in total. The molecule has 0 atom stereocenters. The fraction of sp³-hybridized carbons (Fsp3) is 0.312. The van der Waals surface area contributed by atoms with E-state index in [2.05, 4.69) is 16.0 Å². The number of piperazine rings is 1. The van der Waals surface area contributed by atoms with Gasteiger partial charge in [0.15, 0.2) is 0 Å². The van der Waals surface area contributed by atoms with E-state index >= 15 is 0 Å². The third kappa shape index (κ3) is 3.00. The van der Waals surface area contributed by atoms with Gasteiger partial charge in [-0.2, -0.15) is 13.2 Å². The molecule has 2 aromatic rings. The first-order valence-electron chi connectivity index (χ1n) is 7.04. The Kier molecular flexibility index (Phi) is 3.92. The fourth-order valence-electron chi connectivity index (χ4n) is 2.66. The van der Waals surface area contributed by atoms with Crippen LogP contribution in [0, 0.1) is 6.07 Å². The Bertz CT molecular complexity index is 620. The van der Waals surface area contributed by atoms with E-state index in [9.17, 15) is 13.2 Å². The minimum Gasteiger partial charge on any atom is -0.367 e. The van der Waals surface area contributed by atoms with Crippen LogP contribution in [0.2, 0.25) is 0 Å². The Labute approximate surface area is 127 Å². The molecule has 0 amide bonds. The fourth-order valence-corrected chi connectivity index (χ4v) is 2.66. The summed E-state index contributed by atoms with van der Waals surface area (Å²) < 4.78 is 39.3. The molecule has 6 heteroatoms. The number of anilines is 2. The minimum atomic E-state index is -4.33. The van der Waals surface area contributed by atoms with E-state index in [-0.39, 0.29) is 5.69 Å². The summed E-state index contributed by atoms with van der Waals surface area (Å²) in [4.78, 5) is 8.08. The SMILES string of the molecule is FC(F)(F)c1ccccc1N1CCN(c2cc[c]cn2)CC1. The molecular formula is C16H15F3N3. The van der Waals surface area contributed by atoms with Crippen LogP contribution in [0.5, 0.6) is 0 Å². The highest BCUT2D eigenvalue weighted by Gasteiger charge is 2.35. The van der Waals surface area contributed by atoms with Gasteiger partial charge < -0.3 is 9.80 Å². The predicted octanol–water partition coefficient (Wildman–Crippen LogP) is 3.23. The summed E-state index contributed by atoms with van der Waals surface area (Å²) in [5.74, 6) is 0.836. The van der Waals surface area contributed by atoms with Gasteiger partial charge in [0.2, 0.25) is 0 Å². The number of benzene rings is 1. The van der Waals surface area contributed by atoms with Gasteiger partial charge in [0.05, 0.1) is 5.56 Å². The minimum absolute atomic E-state index is 0.254. The Hall–Kier alpha value is -2.24. The quantitative estimate of drug-likeness (QED) is 0.849. The maximum Gasteiger partial charge on any atom is 0.418 e. The standard InChI is InChI=1S/C16H15F3N3/c17-16(18,19)13-5-1-2-6-14(13)21-9-11-22(12-10-21)15-7-3-4-8-20-15/h1-3,5-8H,9-12H2. The van der Waals surface area contributed by atoms with Gasteiger partial charge in [0, 0.05) is 44.1 Å². The van der Waals surface area contributed by atoms with E-state index in [0.29, 0.717) is 26.2 Å². The molecule has 0 aliphatic carbocycles. The van der Waals surface area contributed by atoms with Gasteiger partial charge >= 0.3 is 6.18 Å². The van der Waals surface area contributed by atoms with E-state index in [1.54, 1.807) is 23.2 Å². The number of alkyl halides is 3. The third-order valence-electron chi connectivity index (χ3n) is 3.75. The summed E-state index contributed by atoms with van der Waals surface area (Å²) in [6.07, 6.45) is -2.73. The number of hydrogen-bond acceptors (Lipinski definition) is 3. The summed E-state index contributed by atoms with van der Waals surface area (Å²) >= 11 is 0. The second kappa shape index (κ2) is 5.87. The van der Waals surface area contributed by atoms with Gasteiger partial charge in [-0.3, -0.25) is 0 Å². The smallest absolute Gasteiger partial charge is 0.367 e. The maximum absolute atomic E-state index is 13.1. The van der Waals surface area contributed by atoms with Crippen molar-refractivity contribution in [3.8, 4) is 0 Å². The van der Waals surface area contributed by atoms with Crippen molar-refractivity contribution in [2.45, 2.75) is 6.18 Å². The van der Waals surface area contributed by atoms with Crippen molar-refractivity contribution in [1.29, 1.82) is 0 Å². The van der Waals surface area contributed by atoms with Crippen LogP contribution < -0.4 is 9.80 Å². The average molecular weight is 306 g/mol. The van der Waals surface area contributed by atoms with Gasteiger partial charge in [-0.15, -0.1) is 0 Å². The molecule has 115 valence electrons. The number of halogens is 3. The van der Waals surface area contributed by atoms with Crippen LogP contribution in [0.1, 0.15) is 5.56 Å². The Morgan fingerprint density at radius 1 is 0.955 bits per heavy atom. The zero-order chi connectivity index (χ0) is 15.6. The number of para-hydroxylation sites is 1. The zero-order valence-electron chi connectivity index (χ0n) is 11.8. The average Bonchev–Trinajstić information content (AvgIpc) is 2.55. The van der Waals surface area contributed by atoms with Crippen LogP contribution in [-0.2, 0) is 6.18 Å². The summed E-state index contributed by atoms with van der Waals surface area (Å²) in [5, 5.41) is 0. The first-order valence-corrected chi connectivity index (χ1v) is 7.04. The maximum atomic E-state index is 13.1. The molecule has 0 saturated carbocycles. The van der Waals surface area contributed by atoms with Crippen LogP contribution in [0.4, 0.5) is 24.7 Å². The highest BCUT2D eigenvalue weighted by molar-refractivity contribution is 5.56. The normalized spacial score (nSPS) is 16.0. The van der Waals surface area contributed by atoms with Crippen molar-refractivity contribution < 1.29 is 13.2 Å². The molecule has 1 aliphatic heterocycles. The van der Waals surface area contributed by atoms with Crippen LogP contribution in [0.3, 0.4) is 0 Å². The Morgan fingerprint density at radius 3 is 2.27 bits per heavy atom. The Morgan fingerprint density at radius 2 is 1.64 bits per heavy atom. The molecule has 1 aromatic heterocycles. The summed E-state index contributed by atoms with van der Waals surface area (Å²) in [6.45, 7) is 2.35. The molecule has 0 bridgehead atoms. The van der Waals surface area contributed by atoms with Crippen molar-refractivity contribution in [3.05, 3.63) is 54.2 Å². The monoisotopic (exact) mass is 306 g/mol. The molecule has 1 saturated heterocycles. The molecule has 3 nitrogen and oxygen atoms in total. The van der Waals surface area contributed by atoms with E-state index in [1.807, 2.05) is 6.07 Å². The van der Waals surface area contributed by atoms with Crippen LogP contribution >= 0.6 is 0 Å². The number of pyridine rings is 1. The second-order valence-electron chi connectivity index (χ2n) is 5.11. The number of aromatic nitrogens is 1. The van der Waals surface area contributed by atoms with E-state index in [0.717, 1.165) is 11.9 Å². The van der Waals surface area contributed by atoms with Crippen LogP contribution in [0.25, 0.3) is 0 Å². The molecule has 1 fully saturated rings. The van der Waals surface area contributed by atoms with Crippen molar-refractivity contribution in [2.24, 2.45) is 0 Å². The van der Waals surface area contributed by atoms with Crippen LogP contribution in [-0.4, -0.2) is 31.2 Å². The number of nitrogens with zero attached hydrogens (tertiary/aromatic N) is 3. The lowest BCUT2D eigenvalue weighted by molar-refractivity contribution is -0.137. The van der Waals surface area contributed by atoms with Gasteiger partial charge in [-0.1, -0.05) is 12.1 Å². The predicted molar refractivity (Wildman–Crippen MR) is 78.9 cm³/mol. The molecular weight excluding hydrogens is 291 g/mol. The van der Waals surface area contributed by atoms with Gasteiger partial charge in [0.1, 0.15) is 5.82 Å². The highest BCUT2D eigenvalue weighted by atomic mass is 19.4. The molecule has 1 radical (unpaired) electrons. The van der Waals surface area contributed by atoms with Crippen molar-refractivity contribution in [1.82, 2.24) is 4.98 Å². The van der Waals surface area contributed by atoms with Gasteiger partial charge in [0.25, 0.3) is 0 Å².